The van der Waals surface area contributed by atoms with Crippen molar-refractivity contribution in [3.63, 3.8) is 0 Å². The summed E-state index contributed by atoms with van der Waals surface area (Å²) < 4.78 is 5.22. The minimum absolute atomic E-state index is 0.113. The number of nitrogens with one attached hydrogen (secondary N) is 1. The molecule has 0 aliphatic heterocycles. The van der Waals surface area contributed by atoms with Gasteiger partial charge in [0.2, 0.25) is 0 Å². The third-order valence-corrected chi connectivity index (χ3v) is 9.05. The highest BCUT2D eigenvalue weighted by molar-refractivity contribution is 5.94. The average Bonchev–Trinajstić information content (AvgIpc) is 3.12. The van der Waals surface area contributed by atoms with Gasteiger partial charge in [-0.15, -0.1) is 0 Å². The molecule has 0 saturated heterocycles. The second-order valence-corrected chi connectivity index (χ2v) is 14.1. The summed E-state index contributed by atoms with van der Waals surface area (Å²) in [7, 11) is 3.83. The molecule has 0 fully saturated rings. The Balaban J connectivity index is 0.000000448. The predicted octanol–water partition coefficient (Wildman–Crippen LogP) is 10.8. The first kappa shape index (κ1) is 45.0. The summed E-state index contributed by atoms with van der Waals surface area (Å²) in [5, 5.41) is 3.36. The van der Waals surface area contributed by atoms with Gasteiger partial charge in [-0.25, -0.2) is 4.98 Å². The normalized spacial score (nSPS) is 11.7. The van der Waals surface area contributed by atoms with Crippen LogP contribution in [0.5, 0.6) is 5.75 Å². The molecule has 1 aromatic heterocycles. The van der Waals surface area contributed by atoms with E-state index in [0.29, 0.717) is 25.2 Å². The Morgan fingerprint density at radius 1 is 0.863 bits per heavy atom. The van der Waals surface area contributed by atoms with Crippen molar-refractivity contribution in [3.05, 3.63) is 83.6 Å². The van der Waals surface area contributed by atoms with E-state index in [0.717, 1.165) is 49.0 Å². The molecule has 2 atom stereocenters. The van der Waals surface area contributed by atoms with Crippen LogP contribution in [0.15, 0.2) is 66.9 Å². The fraction of sp³-hybridized carbons (Fsp3) is 0.545. The number of hydrogen-bond donors (Lipinski definition) is 1. The predicted molar refractivity (Wildman–Crippen MR) is 216 cm³/mol. The molecule has 3 aromatic rings. The van der Waals surface area contributed by atoms with E-state index in [-0.39, 0.29) is 23.3 Å². The van der Waals surface area contributed by atoms with Crippen LogP contribution in [0.4, 0.5) is 11.5 Å². The van der Waals surface area contributed by atoms with Crippen LogP contribution in [0, 0.1) is 11.8 Å². The lowest BCUT2D eigenvalue weighted by Crippen LogP contribution is -2.21. The maximum Gasteiger partial charge on any atom is 0.159 e. The third kappa shape index (κ3) is 19.8. The highest BCUT2D eigenvalue weighted by Gasteiger charge is 2.08. The molecule has 3 rings (SSSR count). The van der Waals surface area contributed by atoms with Gasteiger partial charge in [0.25, 0.3) is 0 Å². The van der Waals surface area contributed by atoms with Crippen molar-refractivity contribution in [1.82, 2.24) is 4.98 Å². The van der Waals surface area contributed by atoms with Crippen molar-refractivity contribution in [2.75, 3.05) is 37.5 Å². The zero-order valence-electron chi connectivity index (χ0n) is 33.4. The number of aromatic nitrogens is 1. The quantitative estimate of drug-likeness (QED) is 0.0926. The average molecular weight is 702 g/mol. The second-order valence-electron chi connectivity index (χ2n) is 14.1. The number of methoxy groups -OCH3 is 1. The van der Waals surface area contributed by atoms with Gasteiger partial charge < -0.3 is 19.7 Å². The van der Waals surface area contributed by atoms with Crippen molar-refractivity contribution < 1.29 is 19.1 Å². The molecule has 1 heterocycles. The lowest BCUT2D eigenvalue weighted by molar-refractivity contribution is -0.122. The van der Waals surface area contributed by atoms with Gasteiger partial charge in [-0.3, -0.25) is 9.59 Å². The number of unbranched alkanes of at least 4 members (excludes halogenated alkanes) is 1. The zero-order valence-corrected chi connectivity index (χ0v) is 33.4. The van der Waals surface area contributed by atoms with E-state index < -0.39 is 0 Å². The van der Waals surface area contributed by atoms with Crippen LogP contribution >= 0.6 is 0 Å². The first-order chi connectivity index (χ1) is 24.3. The van der Waals surface area contributed by atoms with E-state index in [1.54, 1.807) is 27.2 Å². The largest absolute Gasteiger partial charge is 0.497 e. The first-order valence-corrected chi connectivity index (χ1v) is 19.0. The third-order valence-electron chi connectivity index (χ3n) is 9.05. The lowest BCUT2D eigenvalue weighted by Gasteiger charge is -2.20. The Morgan fingerprint density at radius 3 is 2.08 bits per heavy atom. The van der Waals surface area contributed by atoms with E-state index in [2.05, 4.69) is 74.2 Å². The summed E-state index contributed by atoms with van der Waals surface area (Å²) in [6.45, 7) is 17.8. The van der Waals surface area contributed by atoms with E-state index in [1.165, 1.54) is 42.5 Å². The number of rotatable bonds is 20. The van der Waals surface area contributed by atoms with Crippen LogP contribution in [0.3, 0.4) is 0 Å². The summed E-state index contributed by atoms with van der Waals surface area (Å²) in [6, 6.07) is 20.7. The van der Waals surface area contributed by atoms with Gasteiger partial charge in [0, 0.05) is 62.4 Å². The monoisotopic (exact) mass is 702 g/mol. The molecule has 1 N–H and O–H groups in total. The van der Waals surface area contributed by atoms with E-state index in [4.69, 9.17) is 4.74 Å². The Bertz CT molecular complexity index is 1400. The number of benzene rings is 2. The second kappa shape index (κ2) is 25.9. The lowest BCUT2D eigenvalue weighted by atomic mass is 9.96. The van der Waals surface area contributed by atoms with Crippen molar-refractivity contribution >= 4 is 28.9 Å². The molecule has 7 heteroatoms. The van der Waals surface area contributed by atoms with Crippen LogP contribution in [0.2, 0.25) is 0 Å². The number of hydrogen-bond acceptors (Lipinski definition) is 7. The molecule has 0 radical (unpaired) electrons. The number of nitrogens with zero attached hydrogens (tertiary/aromatic N) is 2. The van der Waals surface area contributed by atoms with Crippen LogP contribution < -0.4 is 15.0 Å². The molecule has 0 saturated carbocycles. The van der Waals surface area contributed by atoms with Crippen molar-refractivity contribution in [1.29, 1.82) is 0 Å². The van der Waals surface area contributed by atoms with Gasteiger partial charge in [0.1, 0.15) is 23.1 Å². The summed E-state index contributed by atoms with van der Waals surface area (Å²) in [6.07, 6.45) is 10.9. The summed E-state index contributed by atoms with van der Waals surface area (Å²) in [4.78, 5) is 39.1. The number of carbonyl (C=O) groups is 3. The van der Waals surface area contributed by atoms with Gasteiger partial charge in [-0.2, -0.15) is 0 Å². The summed E-state index contributed by atoms with van der Waals surface area (Å²) in [5.41, 5.74) is 4.83. The number of pyridine rings is 1. The molecule has 2 unspecified atom stereocenters. The fourth-order valence-electron chi connectivity index (χ4n) is 5.32. The number of ketones is 3. The SMILES string of the molecule is CC(=O)CCCC(=O)C(C)C.CCC(C)c1ccc(C(C)=O)cc1.CCCCC(C)Cc1ccc(N(C)CCCNc2cc(OC)ccn2)cc1. The van der Waals surface area contributed by atoms with Crippen molar-refractivity contribution in [3.8, 4) is 5.75 Å². The number of ether oxygens (including phenoxy) is 1. The number of anilines is 2. The van der Waals surface area contributed by atoms with Gasteiger partial charge in [0.15, 0.2) is 5.78 Å². The van der Waals surface area contributed by atoms with Crippen LogP contribution in [-0.4, -0.2) is 49.6 Å². The molecular formula is C44H67N3O4. The number of Topliss-reactive ketones (excluding diaryl/α,β-unsaturated/α-hetero) is 3. The van der Waals surface area contributed by atoms with Crippen LogP contribution in [0.1, 0.15) is 134 Å². The Hall–Kier alpha value is -4.00. The molecule has 0 aliphatic carbocycles. The van der Waals surface area contributed by atoms with Gasteiger partial charge >= 0.3 is 0 Å². The van der Waals surface area contributed by atoms with Gasteiger partial charge in [-0.1, -0.05) is 97.2 Å². The maximum absolute atomic E-state index is 11.0. The van der Waals surface area contributed by atoms with Gasteiger partial charge in [-0.05, 0) is 80.7 Å². The molecule has 282 valence electrons. The zero-order chi connectivity index (χ0) is 38.2. The maximum atomic E-state index is 11.0. The smallest absolute Gasteiger partial charge is 0.159 e. The molecule has 0 bridgehead atoms. The summed E-state index contributed by atoms with van der Waals surface area (Å²) >= 11 is 0. The molecule has 7 nitrogen and oxygen atoms in total. The van der Waals surface area contributed by atoms with E-state index in [9.17, 15) is 14.4 Å². The summed E-state index contributed by atoms with van der Waals surface area (Å²) in [5.74, 6) is 3.71. The van der Waals surface area contributed by atoms with Crippen molar-refractivity contribution in [2.24, 2.45) is 11.8 Å². The van der Waals surface area contributed by atoms with E-state index >= 15 is 0 Å². The Kier molecular flexibility index (Phi) is 22.8. The minimum Gasteiger partial charge on any atom is -0.497 e. The first-order valence-electron chi connectivity index (χ1n) is 19.0. The van der Waals surface area contributed by atoms with Crippen LogP contribution in [0.25, 0.3) is 0 Å². The van der Waals surface area contributed by atoms with E-state index in [1.807, 2.05) is 50.2 Å². The van der Waals surface area contributed by atoms with Crippen LogP contribution in [-0.2, 0) is 16.0 Å². The number of carbonyl (C=O) groups excluding carboxylic acids is 3. The Labute approximate surface area is 310 Å². The highest BCUT2D eigenvalue weighted by atomic mass is 16.5. The standard InChI is InChI=1S/C23H35N3O.C12H16O.C9H16O2/c1-5-6-8-19(2)17-20-9-11-21(12-10-20)26(3)16-7-14-24-23-18-22(27-4)13-15-25-23;1-4-9(2)11-5-7-12(8-6-11)10(3)13;1-7(2)9(11)6-4-5-8(3)10/h9-13,15,18-19H,5-8,14,16-17H2,1-4H3,(H,24,25);5-9H,4H2,1-3H3;7H,4-6H2,1-3H3. The molecule has 0 spiro atoms. The molecule has 0 amide bonds. The molecule has 2 aromatic carbocycles. The molecule has 51 heavy (non-hydrogen) atoms. The molecular weight excluding hydrogens is 635 g/mol. The molecule has 0 aliphatic rings. The Morgan fingerprint density at radius 2 is 1.53 bits per heavy atom. The van der Waals surface area contributed by atoms with Crippen molar-refractivity contribution in [2.45, 2.75) is 119 Å². The highest BCUT2D eigenvalue weighted by Crippen LogP contribution is 2.20. The topological polar surface area (TPSA) is 88.6 Å². The van der Waals surface area contributed by atoms with Gasteiger partial charge in [0.05, 0.1) is 7.11 Å². The minimum atomic E-state index is 0.113. The fourth-order valence-corrected chi connectivity index (χ4v) is 5.32.